The lowest BCUT2D eigenvalue weighted by Crippen LogP contribution is -2.48. The molecular formula is C15H24N2O3S. The number of aliphatic hydroxyl groups is 1. The fraction of sp³-hybridized carbons (Fsp3) is 0.600. The van der Waals surface area contributed by atoms with Crippen molar-refractivity contribution >= 4 is 10.0 Å². The molecule has 21 heavy (non-hydrogen) atoms. The lowest BCUT2D eigenvalue weighted by molar-refractivity contribution is 0.00940. The quantitative estimate of drug-likeness (QED) is 0.884. The highest BCUT2D eigenvalue weighted by atomic mass is 32.2. The number of rotatable bonds is 4. The molecule has 0 aliphatic carbocycles. The van der Waals surface area contributed by atoms with Crippen molar-refractivity contribution in [2.24, 2.45) is 0 Å². The second-order valence-corrected chi connectivity index (χ2v) is 7.96. The maximum absolute atomic E-state index is 12.7. The third-order valence-electron chi connectivity index (χ3n) is 4.07. The zero-order chi connectivity index (χ0) is 15.7. The number of benzene rings is 1. The molecule has 0 radical (unpaired) electrons. The van der Waals surface area contributed by atoms with Crippen molar-refractivity contribution in [3.8, 4) is 0 Å². The summed E-state index contributed by atoms with van der Waals surface area (Å²) in [5.41, 5.74) is -0.0105. The van der Waals surface area contributed by atoms with Crippen molar-refractivity contribution in [3.05, 3.63) is 29.8 Å². The van der Waals surface area contributed by atoms with E-state index >= 15 is 0 Å². The first-order valence-electron chi connectivity index (χ1n) is 7.26. The average molecular weight is 312 g/mol. The summed E-state index contributed by atoms with van der Waals surface area (Å²) in [6, 6.07) is 7.08. The van der Waals surface area contributed by atoms with Gasteiger partial charge in [-0.2, -0.15) is 4.31 Å². The summed E-state index contributed by atoms with van der Waals surface area (Å²) in [7, 11) is -1.71. The Kier molecular flexibility index (Phi) is 4.72. The highest BCUT2D eigenvalue weighted by Crippen LogP contribution is 2.27. The van der Waals surface area contributed by atoms with Gasteiger partial charge in [0, 0.05) is 19.1 Å². The van der Waals surface area contributed by atoms with Gasteiger partial charge in [0.25, 0.3) is 0 Å². The average Bonchev–Trinajstić information content (AvgIpc) is 2.45. The van der Waals surface area contributed by atoms with Crippen molar-refractivity contribution in [2.75, 3.05) is 20.1 Å². The molecule has 2 N–H and O–H groups in total. The van der Waals surface area contributed by atoms with Gasteiger partial charge in [0.1, 0.15) is 0 Å². The first-order chi connectivity index (χ1) is 9.76. The Hall–Kier alpha value is -0.950. The Labute approximate surface area is 127 Å². The molecule has 0 saturated carbocycles. The second-order valence-electron chi connectivity index (χ2n) is 6.02. The van der Waals surface area contributed by atoms with Gasteiger partial charge in [-0.1, -0.05) is 12.1 Å². The van der Waals surface area contributed by atoms with Gasteiger partial charge in [-0.3, -0.25) is 0 Å². The molecule has 2 atom stereocenters. The topological polar surface area (TPSA) is 69.6 Å². The van der Waals surface area contributed by atoms with E-state index in [0.29, 0.717) is 24.3 Å². The molecule has 1 fully saturated rings. The molecule has 2 rings (SSSR count). The van der Waals surface area contributed by atoms with Crippen molar-refractivity contribution < 1.29 is 13.5 Å². The monoisotopic (exact) mass is 312 g/mol. The number of nitrogens with one attached hydrogen (secondary N) is 1. The molecule has 1 aromatic carbocycles. The van der Waals surface area contributed by atoms with Gasteiger partial charge >= 0.3 is 0 Å². The van der Waals surface area contributed by atoms with Crippen LogP contribution >= 0.6 is 0 Å². The van der Waals surface area contributed by atoms with E-state index in [0.717, 1.165) is 5.56 Å². The van der Waals surface area contributed by atoms with Crippen molar-refractivity contribution in [3.63, 3.8) is 0 Å². The van der Waals surface area contributed by atoms with Crippen LogP contribution in [0.5, 0.6) is 0 Å². The maximum Gasteiger partial charge on any atom is 0.243 e. The van der Waals surface area contributed by atoms with Crippen LogP contribution in [0.25, 0.3) is 0 Å². The molecule has 1 heterocycles. The van der Waals surface area contributed by atoms with Crippen LogP contribution in [0.15, 0.2) is 29.2 Å². The molecule has 0 amide bonds. The van der Waals surface area contributed by atoms with E-state index in [1.54, 1.807) is 25.1 Å². The Morgan fingerprint density at radius 1 is 1.43 bits per heavy atom. The SMILES string of the molecule is CNC(C)c1cccc(S(=O)(=O)N2CCCC(C)(O)C2)c1. The van der Waals surface area contributed by atoms with Crippen molar-refractivity contribution in [1.82, 2.24) is 9.62 Å². The molecule has 6 heteroatoms. The smallest absolute Gasteiger partial charge is 0.243 e. The molecule has 118 valence electrons. The van der Waals surface area contributed by atoms with Crippen LogP contribution < -0.4 is 5.32 Å². The Bertz CT molecular complexity index is 599. The van der Waals surface area contributed by atoms with Crippen LogP contribution in [0.1, 0.15) is 38.3 Å². The summed E-state index contributed by atoms with van der Waals surface area (Å²) in [5.74, 6) is 0. The highest BCUT2D eigenvalue weighted by molar-refractivity contribution is 7.89. The summed E-state index contributed by atoms with van der Waals surface area (Å²) in [6.07, 6.45) is 1.31. The first kappa shape index (κ1) is 16.4. The summed E-state index contributed by atoms with van der Waals surface area (Å²) in [4.78, 5) is 0.291. The van der Waals surface area contributed by atoms with Crippen LogP contribution in [-0.2, 0) is 10.0 Å². The fourth-order valence-corrected chi connectivity index (χ4v) is 4.29. The Balaban J connectivity index is 2.31. The first-order valence-corrected chi connectivity index (χ1v) is 8.70. The van der Waals surface area contributed by atoms with E-state index in [2.05, 4.69) is 5.32 Å². The lowest BCUT2D eigenvalue weighted by Gasteiger charge is -2.36. The Morgan fingerprint density at radius 2 is 2.14 bits per heavy atom. The van der Waals surface area contributed by atoms with Crippen LogP contribution in [0, 0.1) is 0 Å². The fourth-order valence-electron chi connectivity index (χ4n) is 2.64. The molecule has 2 unspecified atom stereocenters. The normalized spacial score (nSPS) is 25.7. The van der Waals surface area contributed by atoms with E-state index < -0.39 is 15.6 Å². The van der Waals surface area contributed by atoms with E-state index in [1.165, 1.54) is 4.31 Å². The lowest BCUT2D eigenvalue weighted by atomic mass is 9.97. The number of hydrogen-bond acceptors (Lipinski definition) is 4. The zero-order valence-corrected chi connectivity index (χ0v) is 13.7. The predicted molar refractivity (Wildman–Crippen MR) is 82.5 cm³/mol. The standard InChI is InChI=1S/C15H24N2O3S/c1-12(16-3)13-6-4-7-14(10-13)21(19,20)17-9-5-8-15(2,18)11-17/h4,6-7,10,12,16,18H,5,8-9,11H2,1-3H3. The molecule has 1 aliphatic heterocycles. The van der Waals surface area contributed by atoms with Crippen molar-refractivity contribution in [1.29, 1.82) is 0 Å². The highest BCUT2D eigenvalue weighted by Gasteiger charge is 2.35. The number of β-amino-alcohol motifs (C(OH)–C–C–N with tert-alkyl or cyclic N) is 1. The summed E-state index contributed by atoms with van der Waals surface area (Å²) in [5, 5.41) is 13.2. The molecule has 0 bridgehead atoms. The molecular weight excluding hydrogens is 288 g/mol. The maximum atomic E-state index is 12.7. The zero-order valence-electron chi connectivity index (χ0n) is 12.8. The summed E-state index contributed by atoms with van der Waals surface area (Å²) >= 11 is 0. The van der Waals surface area contributed by atoms with Crippen molar-refractivity contribution in [2.45, 2.75) is 43.2 Å². The number of nitrogens with zero attached hydrogens (tertiary/aromatic N) is 1. The molecule has 0 aromatic heterocycles. The molecule has 1 saturated heterocycles. The van der Waals surface area contributed by atoms with Crippen LogP contribution in [0.2, 0.25) is 0 Å². The van der Waals surface area contributed by atoms with Gasteiger partial charge in [-0.25, -0.2) is 8.42 Å². The summed E-state index contributed by atoms with van der Waals surface area (Å²) < 4.78 is 26.9. The number of hydrogen-bond donors (Lipinski definition) is 2. The number of piperidine rings is 1. The second kappa shape index (κ2) is 6.04. The van der Waals surface area contributed by atoms with E-state index in [1.807, 2.05) is 20.0 Å². The third-order valence-corrected chi connectivity index (χ3v) is 5.91. The van der Waals surface area contributed by atoms with Gasteiger partial charge in [0.05, 0.1) is 10.5 Å². The molecule has 0 spiro atoms. The molecule has 1 aliphatic rings. The minimum Gasteiger partial charge on any atom is -0.389 e. The van der Waals surface area contributed by atoms with Crippen LogP contribution in [0.3, 0.4) is 0 Å². The third kappa shape index (κ3) is 3.63. The minimum absolute atomic E-state index is 0.0876. The van der Waals surface area contributed by atoms with Crippen LogP contribution in [-0.4, -0.2) is 43.6 Å². The van der Waals surface area contributed by atoms with Crippen LogP contribution in [0.4, 0.5) is 0 Å². The van der Waals surface area contributed by atoms with Gasteiger partial charge in [0.15, 0.2) is 0 Å². The molecule has 1 aromatic rings. The summed E-state index contributed by atoms with van der Waals surface area (Å²) in [6.45, 7) is 4.29. The van der Waals surface area contributed by atoms with Gasteiger partial charge in [-0.05, 0) is 51.4 Å². The van der Waals surface area contributed by atoms with Gasteiger partial charge in [-0.15, -0.1) is 0 Å². The predicted octanol–water partition coefficient (Wildman–Crippen LogP) is 1.50. The van der Waals surface area contributed by atoms with Gasteiger partial charge in [0.2, 0.25) is 10.0 Å². The number of sulfonamides is 1. The van der Waals surface area contributed by atoms with E-state index in [-0.39, 0.29) is 12.6 Å². The van der Waals surface area contributed by atoms with E-state index in [4.69, 9.17) is 0 Å². The Morgan fingerprint density at radius 3 is 2.76 bits per heavy atom. The largest absolute Gasteiger partial charge is 0.389 e. The molecule has 5 nitrogen and oxygen atoms in total. The van der Waals surface area contributed by atoms with E-state index in [9.17, 15) is 13.5 Å². The van der Waals surface area contributed by atoms with Gasteiger partial charge < -0.3 is 10.4 Å². The minimum atomic E-state index is -3.55.